The van der Waals surface area contributed by atoms with Crippen LogP contribution in [0.25, 0.3) is 0 Å². The monoisotopic (exact) mass is 346 g/mol. The summed E-state index contributed by atoms with van der Waals surface area (Å²) in [6, 6.07) is 10.4. The normalized spacial score (nSPS) is 15.4. The summed E-state index contributed by atoms with van der Waals surface area (Å²) in [5.74, 6) is 0. The molecule has 1 saturated heterocycles. The van der Waals surface area contributed by atoms with E-state index in [1.807, 2.05) is 6.07 Å². The molecule has 0 aliphatic carbocycles. The lowest BCUT2D eigenvalue weighted by atomic mass is 10.4. The summed E-state index contributed by atoms with van der Waals surface area (Å²) >= 11 is 1.29. The van der Waals surface area contributed by atoms with Gasteiger partial charge in [0.25, 0.3) is 0 Å². The Bertz CT molecular complexity index is 839. The molecule has 0 radical (unpaired) electrons. The third-order valence-corrected chi connectivity index (χ3v) is 6.23. The topological polar surface area (TPSA) is 87.0 Å². The summed E-state index contributed by atoms with van der Waals surface area (Å²) in [6.07, 6.45) is 3.19. The van der Waals surface area contributed by atoms with E-state index in [1.165, 1.54) is 22.3 Å². The first-order valence-corrected chi connectivity index (χ1v) is 9.36. The van der Waals surface area contributed by atoms with Gasteiger partial charge < -0.3 is 0 Å². The standard InChI is InChI=1S/C15H14N4O2S2/c16-10-12-4-3-5-15(18-12)22-14-7-6-13(11-17-14)23(20,21)19-8-1-2-9-19/h3-7,11H,1-2,8-9H2. The average Bonchev–Trinajstić information content (AvgIpc) is 3.11. The van der Waals surface area contributed by atoms with E-state index < -0.39 is 10.0 Å². The summed E-state index contributed by atoms with van der Waals surface area (Å²) < 4.78 is 26.3. The molecule has 0 spiro atoms. The van der Waals surface area contributed by atoms with Crippen LogP contribution in [-0.2, 0) is 10.0 Å². The number of nitrogens with zero attached hydrogens (tertiary/aromatic N) is 4. The van der Waals surface area contributed by atoms with Gasteiger partial charge in [0, 0.05) is 19.3 Å². The minimum atomic E-state index is -3.44. The summed E-state index contributed by atoms with van der Waals surface area (Å²) in [6.45, 7) is 1.15. The number of sulfonamides is 1. The number of hydrogen-bond donors (Lipinski definition) is 0. The van der Waals surface area contributed by atoms with Gasteiger partial charge in [-0.3, -0.25) is 0 Å². The van der Waals surface area contributed by atoms with Gasteiger partial charge >= 0.3 is 0 Å². The molecule has 8 heteroatoms. The molecule has 0 aromatic carbocycles. The number of pyridine rings is 2. The highest BCUT2D eigenvalue weighted by atomic mass is 32.2. The Labute approximate surface area is 139 Å². The highest BCUT2D eigenvalue weighted by molar-refractivity contribution is 7.99. The molecule has 23 heavy (non-hydrogen) atoms. The second-order valence-corrected chi connectivity index (χ2v) is 8.00. The molecule has 2 aromatic heterocycles. The Morgan fingerprint density at radius 3 is 2.57 bits per heavy atom. The van der Waals surface area contributed by atoms with Gasteiger partial charge in [0.1, 0.15) is 26.7 Å². The van der Waals surface area contributed by atoms with Crippen LogP contribution in [0.2, 0.25) is 0 Å². The van der Waals surface area contributed by atoms with Gasteiger partial charge in [-0.2, -0.15) is 9.57 Å². The van der Waals surface area contributed by atoms with E-state index in [0.717, 1.165) is 12.8 Å². The summed E-state index contributed by atoms with van der Waals surface area (Å²) in [4.78, 5) is 8.57. The van der Waals surface area contributed by atoms with Crippen molar-refractivity contribution in [2.24, 2.45) is 0 Å². The molecule has 1 aliphatic heterocycles. The van der Waals surface area contributed by atoms with Crippen molar-refractivity contribution >= 4 is 21.8 Å². The summed E-state index contributed by atoms with van der Waals surface area (Å²) in [5.41, 5.74) is 0.336. The lowest BCUT2D eigenvalue weighted by molar-refractivity contribution is 0.477. The van der Waals surface area contributed by atoms with Crippen molar-refractivity contribution in [3.8, 4) is 6.07 Å². The van der Waals surface area contributed by atoms with Crippen LogP contribution >= 0.6 is 11.8 Å². The van der Waals surface area contributed by atoms with Gasteiger partial charge in [0.05, 0.1) is 0 Å². The molecule has 118 valence electrons. The summed E-state index contributed by atoms with van der Waals surface area (Å²) in [5, 5.41) is 10.1. The minimum Gasteiger partial charge on any atom is -0.248 e. The van der Waals surface area contributed by atoms with Crippen LogP contribution in [-0.4, -0.2) is 35.8 Å². The first-order chi connectivity index (χ1) is 11.1. The van der Waals surface area contributed by atoms with E-state index >= 15 is 0 Å². The van der Waals surface area contributed by atoms with E-state index in [0.29, 0.717) is 28.8 Å². The molecule has 0 saturated carbocycles. The molecule has 0 N–H and O–H groups in total. The maximum atomic E-state index is 12.4. The molecular formula is C15H14N4O2S2. The number of nitriles is 1. The molecule has 1 aliphatic rings. The molecule has 6 nitrogen and oxygen atoms in total. The van der Waals surface area contributed by atoms with Crippen molar-refractivity contribution < 1.29 is 8.42 Å². The van der Waals surface area contributed by atoms with E-state index in [-0.39, 0.29) is 4.90 Å². The second kappa shape index (κ2) is 6.66. The first kappa shape index (κ1) is 15.9. The van der Waals surface area contributed by atoms with Crippen LogP contribution in [0.5, 0.6) is 0 Å². The average molecular weight is 346 g/mol. The van der Waals surface area contributed by atoms with Crippen LogP contribution < -0.4 is 0 Å². The van der Waals surface area contributed by atoms with Gasteiger partial charge in [-0.05, 0) is 37.1 Å². The van der Waals surface area contributed by atoms with Gasteiger partial charge in [-0.25, -0.2) is 18.4 Å². The fraction of sp³-hybridized carbons (Fsp3) is 0.267. The third kappa shape index (κ3) is 3.52. The SMILES string of the molecule is N#Cc1cccc(Sc2ccc(S(=O)(=O)N3CCCC3)cn2)n1. The Morgan fingerprint density at radius 1 is 1.13 bits per heavy atom. The number of hydrogen-bond acceptors (Lipinski definition) is 6. The van der Waals surface area contributed by atoms with Crippen LogP contribution in [0, 0.1) is 11.3 Å². The molecular weight excluding hydrogens is 332 g/mol. The lowest BCUT2D eigenvalue weighted by Crippen LogP contribution is -2.27. The molecule has 0 bridgehead atoms. The molecule has 0 unspecified atom stereocenters. The Hall–Kier alpha value is -1.95. The number of aromatic nitrogens is 2. The molecule has 3 heterocycles. The van der Waals surface area contributed by atoms with Crippen LogP contribution in [0.1, 0.15) is 18.5 Å². The van der Waals surface area contributed by atoms with E-state index in [1.54, 1.807) is 30.3 Å². The zero-order valence-corrected chi connectivity index (χ0v) is 13.8. The van der Waals surface area contributed by atoms with Crippen LogP contribution in [0.3, 0.4) is 0 Å². The predicted octanol–water partition coefficient (Wildman–Crippen LogP) is 2.28. The van der Waals surface area contributed by atoms with Crippen molar-refractivity contribution in [1.29, 1.82) is 5.26 Å². The second-order valence-electron chi connectivity index (χ2n) is 5.02. The predicted molar refractivity (Wildman–Crippen MR) is 85.3 cm³/mol. The van der Waals surface area contributed by atoms with Crippen molar-refractivity contribution in [2.75, 3.05) is 13.1 Å². The van der Waals surface area contributed by atoms with E-state index in [9.17, 15) is 8.42 Å². The van der Waals surface area contributed by atoms with Crippen molar-refractivity contribution in [3.63, 3.8) is 0 Å². The fourth-order valence-electron chi connectivity index (χ4n) is 2.30. The van der Waals surface area contributed by atoms with Crippen LogP contribution in [0.4, 0.5) is 0 Å². The Kier molecular flexibility index (Phi) is 4.61. The van der Waals surface area contributed by atoms with Crippen molar-refractivity contribution in [3.05, 3.63) is 42.2 Å². The highest BCUT2D eigenvalue weighted by Crippen LogP contribution is 2.26. The van der Waals surface area contributed by atoms with E-state index in [2.05, 4.69) is 9.97 Å². The zero-order valence-electron chi connectivity index (χ0n) is 12.2. The smallest absolute Gasteiger partial charge is 0.244 e. The quantitative estimate of drug-likeness (QED) is 0.844. The summed E-state index contributed by atoms with van der Waals surface area (Å²) in [7, 11) is -3.44. The lowest BCUT2D eigenvalue weighted by Gasteiger charge is -2.15. The maximum absolute atomic E-state index is 12.4. The number of rotatable bonds is 4. The first-order valence-electron chi connectivity index (χ1n) is 7.11. The zero-order chi connectivity index (χ0) is 16.3. The van der Waals surface area contributed by atoms with Gasteiger partial charge in [-0.15, -0.1) is 0 Å². The Balaban J connectivity index is 1.78. The van der Waals surface area contributed by atoms with Crippen LogP contribution in [0.15, 0.2) is 51.5 Å². The molecule has 3 rings (SSSR count). The maximum Gasteiger partial charge on any atom is 0.244 e. The Morgan fingerprint density at radius 2 is 1.91 bits per heavy atom. The molecule has 0 atom stereocenters. The molecule has 1 fully saturated rings. The molecule has 2 aromatic rings. The minimum absolute atomic E-state index is 0.211. The van der Waals surface area contributed by atoms with Gasteiger partial charge in [0.15, 0.2) is 0 Å². The van der Waals surface area contributed by atoms with Crippen molar-refractivity contribution in [2.45, 2.75) is 27.8 Å². The molecule has 0 amide bonds. The largest absolute Gasteiger partial charge is 0.248 e. The van der Waals surface area contributed by atoms with Gasteiger partial charge in [0.2, 0.25) is 10.0 Å². The van der Waals surface area contributed by atoms with E-state index in [4.69, 9.17) is 5.26 Å². The van der Waals surface area contributed by atoms with Gasteiger partial charge in [-0.1, -0.05) is 17.8 Å². The van der Waals surface area contributed by atoms with Crippen molar-refractivity contribution in [1.82, 2.24) is 14.3 Å². The fourth-order valence-corrected chi connectivity index (χ4v) is 4.51. The highest BCUT2D eigenvalue weighted by Gasteiger charge is 2.27. The third-order valence-electron chi connectivity index (χ3n) is 3.46.